The van der Waals surface area contributed by atoms with Gasteiger partial charge in [0.15, 0.2) is 0 Å². The maximum atomic E-state index is 9.94. The summed E-state index contributed by atoms with van der Waals surface area (Å²) in [5, 5.41) is 38.7. The van der Waals surface area contributed by atoms with Crippen LogP contribution in [0.15, 0.2) is 146 Å². The molecule has 0 heterocycles. The van der Waals surface area contributed by atoms with Gasteiger partial charge in [-0.15, -0.1) is 0 Å². The minimum Gasteiger partial charge on any atom is -0.508 e. The molecule has 60 heavy (non-hydrogen) atoms. The number of phenols is 3. The van der Waals surface area contributed by atoms with Crippen molar-refractivity contribution in [3.05, 3.63) is 173 Å². The summed E-state index contributed by atoms with van der Waals surface area (Å²) >= 11 is 0. The Morgan fingerprint density at radius 2 is 0.683 bits per heavy atom. The molecule has 3 N–H and O–H groups in total. The lowest BCUT2D eigenvalue weighted by Gasteiger charge is -2.22. The molecule has 0 fully saturated rings. The monoisotopic (exact) mass is 799 g/mol. The second-order valence-corrected chi connectivity index (χ2v) is 20.1. The second kappa shape index (κ2) is 17.8. The fourth-order valence-electron chi connectivity index (χ4n) is 7.97. The number of phenolic OH excluding ortho intramolecular Hbond substituents is 3. The average molecular weight is 799 g/mol. The van der Waals surface area contributed by atoms with E-state index in [1.165, 1.54) is 38.4 Å². The first-order valence-corrected chi connectivity index (χ1v) is 21.1. The van der Waals surface area contributed by atoms with Crippen LogP contribution in [0, 0.1) is 6.92 Å². The summed E-state index contributed by atoms with van der Waals surface area (Å²) in [6.45, 7) is 28.4. The molecule has 0 saturated heterocycles. The van der Waals surface area contributed by atoms with Crippen LogP contribution < -0.4 is 0 Å². The summed E-state index contributed by atoms with van der Waals surface area (Å²) in [6, 6.07) is 48.7. The predicted molar refractivity (Wildman–Crippen MR) is 260 cm³/mol. The van der Waals surface area contributed by atoms with Crippen LogP contribution in [0.5, 0.6) is 17.2 Å². The molecule has 8 rings (SSSR count). The maximum Gasteiger partial charge on any atom is 0.123 e. The van der Waals surface area contributed by atoms with Gasteiger partial charge in [0.1, 0.15) is 17.2 Å². The minimum atomic E-state index is -0.0368. The van der Waals surface area contributed by atoms with E-state index in [1.807, 2.05) is 60.7 Å². The fourth-order valence-corrected chi connectivity index (χ4v) is 7.97. The van der Waals surface area contributed by atoms with Gasteiger partial charge >= 0.3 is 0 Å². The van der Waals surface area contributed by atoms with Gasteiger partial charge in [0.2, 0.25) is 0 Å². The Kier molecular flexibility index (Phi) is 13.4. The Balaban J connectivity index is 0.000000152. The third-order valence-corrected chi connectivity index (χ3v) is 10.9. The van der Waals surface area contributed by atoms with Crippen molar-refractivity contribution in [2.45, 2.75) is 112 Å². The van der Waals surface area contributed by atoms with Crippen molar-refractivity contribution >= 4 is 43.1 Å². The van der Waals surface area contributed by atoms with E-state index in [-0.39, 0.29) is 21.7 Å². The van der Waals surface area contributed by atoms with E-state index in [0.29, 0.717) is 17.2 Å². The van der Waals surface area contributed by atoms with E-state index < -0.39 is 0 Å². The van der Waals surface area contributed by atoms with E-state index in [4.69, 9.17) is 0 Å². The SMILES string of the molecule is CC(C)(C)c1c(O)ccc2ccccc12.CC(C)(C)c1ccc(O)c2ccccc12.CC(C)(C)c1cccc2c(O)cccc12.Cc1ccc2cccc(C(C)(C)C)c2c1. The zero-order valence-electron chi connectivity index (χ0n) is 38.2. The third kappa shape index (κ3) is 10.7. The molecule has 0 radical (unpaired) electrons. The summed E-state index contributed by atoms with van der Waals surface area (Å²) in [5.74, 6) is 1.11. The number of fused-ring (bicyclic) bond motifs is 4. The van der Waals surface area contributed by atoms with E-state index in [0.717, 1.165) is 32.5 Å². The molecule has 0 aliphatic rings. The van der Waals surface area contributed by atoms with Gasteiger partial charge in [-0.1, -0.05) is 216 Å². The molecule has 0 unspecified atom stereocenters. The zero-order valence-corrected chi connectivity index (χ0v) is 38.2. The molecule has 0 aliphatic carbocycles. The first-order chi connectivity index (χ1) is 28.0. The number of hydrogen-bond acceptors (Lipinski definition) is 3. The van der Waals surface area contributed by atoms with Gasteiger partial charge < -0.3 is 15.3 Å². The van der Waals surface area contributed by atoms with Crippen LogP contribution in [-0.4, -0.2) is 15.3 Å². The fraction of sp³-hybridized carbons (Fsp3) is 0.298. The largest absolute Gasteiger partial charge is 0.508 e. The summed E-state index contributed by atoms with van der Waals surface area (Å²) < 4.78 is 0. The van der Waals surface area contributed by atoms with Gasteiger partial charge in [-0.2, -0.15) is 0 Å². The molecule has 0 aliphatic heterocycles. The highest BCUT2D eigenvalue weighted by molar-refractivity contribution is 5.93. The quantitative estimate of drug-likeness (QED) is 0.143. The predicted octanol–water partition coefficient (Wildman–Crippen LogP) is 16.0. The molecule has 0 bridgehead atoms. The number of aryl methyl sites for hydroxylation is 1. The minimum absolute atomic E-state index is 0.0368. The third-order valence-electron chi connectivity index (χ3n) is 10.9. The van der Waals surface area contributed by atoms with E-state index in [9.17, 15) is 15.3 Å². The lowest BCUT2D eigenvalue weighted by molar-refractivity contribution is 0.449. The number of rotatable bonds is 0. The normalized spacial score (nSPS) is 11.9. The average Bonchev–Trinajstić information content (AvgIpc) is 3.17. The van der Waals surface area contributed by atoms with E-state index in [2.05, 4.69) is 157 Å². The van der Waals surface area contributed by atoms with Gasteiger partial charge in [-0.25, -0.2) is 0 Å². The van der Waals surface area contributed by atoms with Crippen molar-refractivity contribution in [1.29, 1.82) is 0 Å². The van der Waals surface area contributed by atoms with Crippen molar-refractivity contribution in [3.63, 3.8) is 0 Å². The van der Waals surface area contributed by atoms with E-state index >= 15 is 0 Å². The highest BCUT2D eigenvalue weighted by atomic mass is 16.3. The molecular formula is C57H66O3. The van der Waals surface area contributed by atoms with Crippen LogP contribution in [0.1, 0.15) is 111 Å². The highest BCUT2D eigenvalue weighted by Gasteiger charge is 2.21. The van der Waals surface area contributed by atoms with Gasteiger partial charge in [0.05, 0.1) is 0 Å². The number of benzene rings is 8. The van der Waals surface area contributed by atoms with E-state index in [1.54, 1.807) is 18.2 Å². The Hall–Kier alpha value is -5.80. The Morgan fingerprint density at radius 1 is 0.300 bits per heavy atom. The van der Waals surface area contributed by atoms with Crippen molar-refractivity contribution < 1.29 is 15.3 Å². The summed E-state index contributed by atoms with van der Waals surface area (Å²) in [6.07, 6.45) is 0. The molecule has 3 heteroatoms. The molecular weight excluding hydrogens is 733 g/mol. The molecule has 3 nitrogen and oxygen atoms in total. The topological polar surface area (TPSA) is 60.7 Å². The Morgan fingerprint density at radius 3 is 1.27 bits per heavy atom. The van der Waals surface area contributed by atoms with Gasteiger partial charge in [0.25, 0.3) is 0 Å². The van der Waals surface area contributed by atoms with Crippen LogP contribution >= 0.6 is 0 Å². The van der Waals surface area contributed by atoms with Crippen LogP contribution in [0.4, 0.5) is 0 Å². The Labute approximate surface area is 359 Å². The van der Waals surface area contributed by atoms with Crippen LogP contribution in [0.2, 0.25) is 0 Å². The first kappa shape index (κ1) is 45.3. The van der Waals surface area contributed by atoms with Crippen molar-refractivity contribution in [3.8, 4) is 17.2 Å². The molecule has 0 atom stereocenters. The summed E-state index contributed by atoms with van der Waals surface area (Å²) in [7, 11) is 0. The number of hydrogen-bond donors (Lipinski definition) is 3. The van der Waals surface area contributed by atoms with Gasteiger partial charge in [-0.05, 0) is 95.8 Å². The Bertz CT molecular complexity index is 2630. The smallest absolute Gasteiger partial charge is 0.123 e. The van der Waals surface area contributed by atoms with Crippen LogP contribution in [0.25, 0.3) is 43.1 Å². The highest BCUT2D eigenvalue weighted by Crippen LogP contribution is 2.38. The first-order valence-electron chi connectivity index (χ1n) is 21.1. The lowest BCUT2D eigenvalue weighted by atomic mass is 9.83. The van der Waals surface area contributed by atoms with Crippen molar-refractivity contribution in [2.75, 3.05) is 0 Å². The molecule has 0 saturated carbocycles. The molecule has 8 aromatic carbocycles. The van der Waals surface area contributed by atoms with Crippen LogP contribution in [-0.2, 0) is 21.7 Å². The summed E-state index contributed by atoms with van der Waals surface area (Å²) in [4.78, 5) is 0. The molecule has 0 aromatic heterocycles. The zero-order chi connectivity index (χ0) is 44.2. The molecule has 0 amide bonds. The van der Waals surface area contributed by atoms with Gasteiger partial charge in [-0.3, -0.25) is 0 Å². The molecule has 312 valence electrons. The van der Waals surface area contributed by atoms with Gasteiger partial charge in [0, 0.05) is 16.3 Å². The second-order valence-electron chi connectivity index (χ2n) is 20.1. The number of aromatic hydroxyl groups is 3. The maximum absolute atomic E-state index is 9.94. The standard InChI is InChI=1S/C15H18.3C14H16O/c1-11-8-9-12-6-5-7-14(13(12)10-11)15(2,3)4;1-14(2,3)12-8-4-7-11-10(12)6-5-9-13(11)15;1-14(2,3)12-8-9-13(15)11-7-5-4-6-10(11)12;1-14(2,3)13-11-7-5-4-6-10(11)8-9-12(13)15/h5-10H,1-4H3;3*4-9,15H,1-3H3. The summed E-state index contributed by atoms with van der Waals surface area (Å²) in [5.41, 5.74) is 6.73. The van der Waals surface area contributed by atoms with Crippen LogP contribution in [0.3, 0.4) is 0 Å². The lowest BCUT2D eigenvalue weighted by Crippen LogP contribution is -2.11. The van der Waals surface area contributed by atoms with Crippen molar-refractivity contribution in [2.24, 2.45) is 0 Å². The van der Waals surface area contributed by atoms with Crippen molar-refractivity contribution in [1.82, 2.24) is 0 Å². The molecule has 0 spiro atoms. The molecule has 8 aromatic rings.